The highest BCUT2D eigenvalue weighted by Crippen LogP contribution is 2.21. The van der Waals surface area contributed by atoms with Crippen LogP contribution in [0.1, 0.15) is 0 Å². The molecule has 0 atom stereocenters. The van der Waals surface area contributed by atoms with Crippen LogP contribution in [0.5, 0.6) is 0 Å². The summed E-state index contributed by atoms with van der Waals surface area (Å²) in [5.74, 6) is 0. The Morgan fingerprint density at radius 2 is 1.30 bits per heavy atom. The molecule has 0 amide bonds. The van der Waals surface area contributed by atoms with Gasteiger partial charge in [-0.3, -0.25) is 0 Å². The average Bonchev–Trinajstić information content (AvgIpc) is 1.84. The first-order valence-corrected chi connectivity index (χ1v) is 5.89. The Hall–Kier alpha value is 1.50. The molecule has 54 valence electrons. The van der Waals surface area contributed by atoms with E-state index in [2.05, 4.69) is 87.0 Å². The first kappa shape index (κ1) is 9.59. The summed E-state index contributed by atoms with van der Waals surface area (Å²) in [6.45, 7) is 0. The number of halogens is 4. The molecule has 1 heterocycles. The standard InChI is InChI=1S/C4Br2I2N2/c5-1-3(7)10-4(8)2(6)9-1. The van der Waals surface area contributed by atoms with E-state index in [0.717, 1.165) is 16.6 Å². The van der Waals surface area contributed by atoms with Gasteiger partial charge in [0.25, 0.3) is 0 Å². The summed E-state index contributed by atoms with van der Waals surface area (Å²) in [4.78, 5) is 8.32. The molecule has 0 radical (unpaired) electrons. The van der Waals surface area contributed by atoms with Crippen molar-refractivity contribution in [2.75, 3.05) is 0 Å². The average molecular weight is 490 g/mol. The molecule has 2 nitrogen and oxygen atoms in total. The van der Waals surface area contributed by atoms with Crippen molar-refractivity contribution in [2.24, 2.45) is 0 Å². The molecule has 1 aromatic heterocycles. The van der Waals surface area contributed by atoms with E-state index in [9.17, 15) is 0 Å². The van der Waals surface area contributed by atoms with Gasteiger partial charge in [0.05, 0.1) is 0 Å². The summed E-state index contributed by atoms with van der Waals surface area (Å²) >= 11 is 10.8. The smallest absolute Gasteiger partial charge is 0.139 e. The predicted octanol–water partition coefficient (Wildman–Crippen LogP) is 3.21. The molecule has 0 aliphatic heterocycles. The van der Waals surface area contributed by atoms with Gasteiger partial charge in [-0.2, -0.15) is 0 Å². The Morgan fingerprint density at radius 1 is 0.900 bits per heavy atom. The first-order valence-electron chi connectivity index (χ1n) is 2.15. The van der Waals surface area contributed by atoms with E-state index < -0.39 is 0 Å². The van der Waals surface area contributed by atoms with Gasteiger partial charge in [-0.05, 0) is 77.0 Å². The largest absolute Gasteiger partial charge is 0.230 e. The second-order valence-electron chi connectivity index (χ2n) is 1.39. The van der Waals surface area contributed by atoms with E-state index in [1.165, 1.54) is 0 Å². The van der Waals surface area contributed by atoms with Crippen LogP contribution >= 0.6 is 77.0 Å². The zero-order valence-electron chi connectivity index (χ0n) is 4.41. The number of hydrogen-bond acceptors (Lipinski definition) is 2. The van der Waals surface area contributed by atoms with Crippen LogP contribution in [-0.4, -0.2) is 9.97 Å². The maximum atomic E-state index is 4.19. The molecule has 10 heavy (non-hydrogen) atoms. The molecular weight excluding hydrogens is 490 g/mol. The number of rotatable bonds is 0. The van der Waals surface area contributed by atoms with Crippen molar-refractivity contribution in [3.8, 4) is 0 Å². The van der Waals surface area contributed by atoms with Crippen LogP contribution < -0.4 is 0 Å². The van der Waals surface area contributed by atoms with Crippen LogP contribution in [0.4, 0.5) is 0 Å². The first-order chi connectivity index (χ1) is 4.61. The monoisotopic (exact) mass is 488 g/mol. The van der Waals surface area contributed by atoms with Crippen LogP contribution in [-0.2, 0) is 0 Å². The van der Waals surface area contributed by atoms with Crippen LogP contribution in [0.2, 0.25) is 0 Å². The zero-order chi connectivity index (χ0) is 7.72. The molecule has 0 fully saturated rings. The number of nitrogens with zero attached hydrogens (tertiary/aromatic N) is 2. The van der Waals surface area contributed by atoms with E-state index in [1.54, 1.807) is 0 Å². The molecule has 1 aromatic rings. The van der Waals surface area contributed by atoms with Crippen molar-refractivity contribution in [3.63, 3.8) is 0 Å². The molecule has 0 unspecified atom stereocenters. The van der Waals surface area contributed by atoms with Gasteiger partial charge in [0, 0.05) is 0 Å². The second kappa shape index (κ2) is 3.94. The molecule has 0 aromatic carbocycles. The fraction of sp³-hybridized carbons (Fsp3) is 0. The van der Waals surface area contributed by atoms with Crippen molar-refractivity contribution in [3.05, 3.63) is 16.6 Å². The fourth-order valence-corrected chi connectivity index (χ4v) is 2.31. The lowest BCUT2D eigenvalue weighted by Crippen LogP contribution is -1.92. The molecule has 0 bridgehead atoms. The van der Waals surface area contributed by atoms with E-state index in [1.807, 2.05) is 0 Å². The number of hydrogen-bond donors (Lipinski definition) is 0. The summed E-state index contributed by atoms with van der Waals surface area (Å²) in [7, 11) is 0. The van der Waals surface area contributed by atoms with Crippen molar-refractivity contribution >= 4 is 77.0 Å². The maximum absolute atomic E-state index is 4.19. The van der Waals surface area contributed by atoms with Crippen LogP contribution in [0, 0.1) is 7.40 Å². The third-order valence-corrected chi connectivity index (χ3v) is 4.83. The number of aromatic nitrogens is 2. The minimum absolute atomic E-state index is 0.778. The van der Waals surface area contributed by atoms with E-state index >= 15 is 0 Å². The summed E-state index contributed by atoms with van der Waals surface area (Å²) in [5, 5.41) is 0. The summed E-state index contributed by atoms with van der Waals surface area (Å²) in [6.07, 6.45) is 0. The highest BCUT2D eigenvalue weighted by atomic mass is 127. The van der Waals surface area contributed by atoms with Crippen molar-refractivity contribution in [1.82, 2.24) is 9.97 Å². The Balaban J connectivity index is 3.28. The lowest BCUT2D eigenvalue weighted by atomic mass is 10.8. The SMILES string of the molecule is Brc1nc(Br)c(I)nc1I. The normalized spacial score (nSPS) is 10.0. The molecule has 0 aliphatic carbocycles. The summed E-state index contributed by atoms with van der Waals surface area (Å²) < 4.78 is 3.32. The van der Waals surface area contributed by atoms with Crippen LogP contribution in [0.25, 0.3) is 0 Å². The van der Waals surface area contributed by atoms with Crippen LogP contribution in [0.15, 0.2) is 9.21 Å². The zero-order valence-corrected chi connectivity index (χ0v) is 11.9. The van der Waals surface area contributed by atoms with Gasteiger partial charge < -0.3 is 0 Å². The quantitative estimate of drug-likeness (QED) is 0.523. The lowest BCUT2D eigenvalue weighted by molar-refractivity contribution is 1.06. The third kappa shape index (κ3) is 2.24. The molecule has 1 rings (SSSR count). The highest BCUT2D eigenvalue weighted by molar-refractivity contribution is 14.1. The minimum atomic E-state index is 0.778. The minimum Gasteiger partial charge on any atom is -0.230 e. The van der Waals surface area contributed by atoms with Crippen molar-refractivity contribution in [1.29, 1.82) is 0 Å². The Morgan fingerprint density at radius 3 is 1.60 bits per heavy atom. The third-order valence-electron chi connectivity index (χ3n) is 0.733. The van der Waals surface area contributed by atoms with Gasteiger partial charge in [-0.15, -0.1) is 0 Å². The fourth-order valence-electron chi connectivity index (χ4n) is 0.357. The highest BCUT2D eigenvalue weighted by Gasteiger charge is 2.04. The predicted molar refractivity (Wildman–Crippen MR) is 62.9 cm³/mol. The Kier molecular flexibility index (Phi) is 3.78. The molecule has 0 saturated heterocycles. The van der Waals surface area contributed by atoms with Gasteiger partial charge >= 0.3 is 0 Å². The second-order valence-corrected chi connectivity index (χ2v) is 4.93. The van der Waals surface area contributed by atoms with E-state index in [-0.39, 0.29) is 0 Å². The van der Waals surface area contributed by atoms with Gasteiger partial charge in [0.15, 0.2) is 0 Å². The van der Waals surface area contributed by atoms with E-state index in [4.69, 9.17) is 0 Å². The van der Waals surface area contributed by atoms with Gasteiger partial charge in [0.2, 0.25) is 0 Å². The van der Waals surface area contributed by atoms with E-state index in [0.29, 0.717) is 0 Å². The Bertz CT molecular complexity index is 215. The summed E-state index contributed by atoms with van der Waals surface area (Å²) in [6, 6.07) is 0. The van der Waals surface area contributed by atoms with Gasteiger partial charge in [-0.1, -0.05) is 0 Å². The summed E-state index contributed by atoms with van der Waals surface area (Å²) in [5.41, 5.74) is 0. The van der Waals surface area contributed by atoms with Gasteiger partial charge in [-0.25, -0.2) is 9.97 Å². The molecule has 0 aliphatic rings. The molecule has 0 spiro atoms. The van der Waals surface area contributed by atoms with Gasteiger partial charge in [0.1, 0.15) is 16.6 Å². The molecular formula is C4Br2I2N2. The molecule has 0 saturated carbocycles. The molecule has 0 N–H and O–H groups in total. The Labute approximate surface area is 102 Å². The lowest BCUT2D eigenvalue weighted by Gasteiger charge is -1.96. The van der Waals surface area contributed by atoms with Crippen molar-refractivity contribution < 1.29 is 0 Å². The van der Waals surface area contributed by atoms with Crippen LogP contribution in [0.3, 0.4) is 0 Å². The van der Waals surface area contributed by atoms with Crippen molar-refractivity contribution in [2.45, 2.75) is 0 Å². The molecule has 6 heteroatoms. The maximum Gasteiger partial charge on any atom is 0.139 e. The topological polar surface area (TPSA) is 25.8 Å².